The van der Waals surface area contributed by atoms with Gasteiger partial charge in [0.15, 0.2) is 0 Å². The highest BCUT2D eigenvalue weighted by molar-refractivity contribution is 9.10. The van der Waals surface area contributed by atoms with Gasteiger partial charge in [0.1, 0.15) is 0 Å². The SMILES string of the molecule is FC(F)n1ncc2c(Cl)c(Br)ccc21. The maximum absolute atomic E-state index is 12.4. The van der Waals surface area contributed by atoms with Crippen molar-refractivity contribution in [3.05, 3.63) is 27.8 Å². The quantitative estimate of drug-likeness (QED) is 0.776. The van der Waals surface area contributed by atoms with Gasteiger partial charge in [-0.15, -0.1) is 0 Å². The molecular formula is C8H4BrClF2N2. The first-order valence-electron chi connectivity index (χ1n) is 3.70. The van der Waals surface area contributed by atoms with Gasteiger partial charge in [0.2, 0.25) is 0 Å². The molecule has 2 rings (SSSR count). The average molecular weight is 281 g/mol. The summed E-state index contributed by atoms with van der Waals surface area (Å²) in [6, 6.07) is 3.16. The fourth-order valence-corrected chi connectivity index (χ4v) is 1.77. The van der Waals surface area contributed by atoms with Crippen molar-refractivity contribution in [2.24, 2.45) is 0 Å². The highest BCUT2D eigenvalue weighted by atomic mass is 79.9. The lowest BCUT2D eigenvalue weighted by Crippen LogP contribution is -1.98. The van der Waals surface area contributed by atoms with Crippen LogP contribution in [0.1, 0.15) is 6.55 Å². The van der Waals surface area contributed by atoms with Crippen molar-refractivity contribution < 1.29 is 8.78 Å². The number of alkyl halides is 2. The third-order valence-electron chi connectivity index (χ3n) is 1.85. The Kier molecular flexibility index (Phi) is 2.45. The fourth-order valence-electron chi connectivity index (χ4n) is 1.22. The highest BCUT2D eigenvalue weighted by Crippen LogP contribution is 2.32. The van der Waals surface area contributed by atoms with Crippen LogP contribution in [0, 0.1) is 0 Å². The van der Waals surface area contributed by atoms with Gasteiger partial charge in [0.25, 0.3) is 0 Å². The number of hydrogen-bond acceptors (Lipinski definition) is 1. The number of aromatic nitrogens is 2. The molecule has 74 valence electrons. The van der Waals surface area contributed by atoms with Crippen LogP contribution in [0.2, 0.25) is 5.02 Å². The summed E-state index contributed by atoms with van der Waals surface area (Å²) in [5.41, 5.74) is 0.327. The first-order valence-corrected chi connectivity index (χ1v) is 4.87. The zero-order valence-electron chi connectivity index (χ0n) is 6.72. The molecule has 0 aliphatic carbocycles. The number of benzene rings is 1. The number of nitrogens with zero attached hydrogens (tertiary/aromatic N) is 2. The molecule has 0 saturated heterocycles. The lowest BCUT2D eigenvalue weighted by molar-refractivity contribution is 0.0615. The van der Waals surface area contributed by atoms with Gasteiger partial charge in [0.05, 0.1) is 16.7 Å². The third kappa shape index (κ3) is 1.40. The summed E-state index contributed by atoms with van der Waals surface area (Å²) in [5, 5.41) is 4.47. The van der Waals surface area contributed by atoms with E-state index in [2.05, 4.69) is 21.0 Å². The van der Waals surface area contributed by atoms with Crippen LogP contribution < -0.4 is 0 Å². The molecule has 0 fully saturated rings. The molecule has 0 amide bonds. The molecule has 2 aromatic rings. The van der Waals surface area contributed by atoms with Gasteiger partial charge in [-0.3, -0.25) is 0 Å². The standard InChI is InChI=1S/C8H4BrClF2N2/c9-5-1-2-6-4(7(5)10)3-13-14(6)8(11)12/h1-3,8H. The summed E-state index contributed by atoms with van der Waals surface area (Å²) in [6.45, 7) is -2.65. The van der Waals surface area contributed by atoms with Crippen LogP contribution in [-0.2, 0) is 0 Å². The van der Waals surface area contributed by atoms with E-state index in [1.54, 1.807) is 12.1 Å². The zero-order valence-corrected chi connectivity index (χ0v) is 9.06. The third-order valence-corrected chi connectivity index (χ3v) is 3.15. The van der Waals surface area contributed by atoms with Crippen molar-refractivity contribution in [2.45, 2.75) is 6.55 Å². The van der Waals surface area contributed by atoms with Crippen molar-refractivity contribution >= 4 is 38.4 Å². The predicted molar refractivity (Wildman–Crippen MR) is 53.7 cm³/mol. The van der Waals surface area contributed by atoms with Crippen LogP contribution in [0.15, 0.2) is 22.8 Å². The lowest BCUT2D eigenvalue weighted by atomic mass is 10.2. The number of hydrogen-bond donors (Lipinski definition) is 0. The molecule has 0 unspecified atom stereocenters. The minimum absolute atomic E-state index is 0.327. The van der Waals surface area contributed by atoms with E-state index in [0.29, 0.717) is 25.1 Å². The van der Waals surface area contributed by atoms with E-state index in [1.165, 1.54) is 6.20 Å². The Morgan fingerprint density at radius 1 is 1.43 bits per heavy atom. The second-order valence-corrected chi connectivity index (χ2v) is 3.89. The monoisotopic (exact) mass is 280 g/mol. The van der Waals surface area contributed by atoms with E-state index in [1.807, 2.05) is 0 Å². The lowest BCUT2D eigenvalue weighted by Gasteiger charge is -2.01. The Bertz CT molecular complexity index is 483. The molecule has 0 aliphatic rings. The summed E-state index contributed by atoms with van der Waals surface area (Å²) >= 11 is 9.11. The van der Waals surface area contributed by atoms with Gasteiger partial charge >= 0.3 is 6.55 Å². The molecule has 0 atom stereocenters. The minimum Gasteiger partial charge on any atom is -0.204 e. The van der Waals surface area contributed by atoms with Gasteiger partial charge in [-0.05, 0) is 28.1 Å². The maximum atomic E-state index is 12.4. The number of halogens is 4. The largest absolute Gasteiger partial charge is 0.333 e. The van der Waals surface area contributed by atoms with E-state index in [4.69, 9.17) is 11.6 Å². The molecule has 2 nitrogen and oxygen atoms in total. The molecular weight excluding hydrogens is 277 g/mol. The predicted octanol–water partition coefficient (Wildman–Crippen LogP) is 3.85. The zero-order chi connectivity index (χ0) is 10.3. The molecule has 1 aromatic carbocycles. The first kappa shape index (κ1) is 9.86. The van der Waals surface area contributed by atoms with Crippen LogP contribution in [0.25, 0.3) is 10.9 Å². The normalized spacial score (nSPS) is 11.5. The highest BCUT2D eigenvalue weighted by Gasteiger charge is 2.13. The van der Waals surface area contributed by atoms with E-state index in [-0.39, 0.29) is 0 Å². The molecule has 6 heteroatoms. The molecule has 0 N–H and O–H groups in total. The first-order chi connectivity index (χ1) is 6.61. The fraction of sp³-hybridized carbons (Fsp3) is 0.125. The van der Waals surface area contributed by atoms with Crippen LogP contribution in [0.4, 0.5) is 8.78 Å². The second-order valence-electron chi connectivity index (χ2n) is 2.66. The van der Waals surface area contributed by atoms with Gasteiger partial charge in [-0.25, -0.2) is 4.68 Å². The van der Waals surface area contributed by atoms with Gasteiger partial charge in [-0.2, -0.15) is 13.9 Å². The Hall–Kier alpha value is -0.680. The van der Waals surface area contributed by atoms with Crippen LogP contribution in [-0.4, -0.2) is 9.78 Å². The molecule has 0 saturated carbocycles. The Labute approximate surface area is 91.6 Å². The van der Waals surface area contributed by atoms with Gasteiger partial charge in [0, 0.05) is 9.86 Å². The maximum Gasteiger partial charge on any atom is 0.333 e. The molecule has 1 heterocycles. The van der Waals surface area contributed by atoms with Crippen LogP contribution in [0.5, 0.6) is 0 Å². The summed E-state index contributed by atoms with van der Waals surface area (Å²) in [4.78, 5) is 0. The summed E-state index contributed by atoms with van der Waals surface area (Å²) < 4.78 is 26.1. The number of rotatable bonds is 1. The second kappa shape index (κ2) is 3.47. The molecule has 0 bridgehead atoms. The molecule has 0 radical (unpaired) electrons. The Balaban J connectivity index is 2.77. The Morgan fingerprint density at radius 2 is 2.14 bits per heavy atom. The van der Waals surface area contributed by atoms with E-state index < -0.39 is 6.55 Å². The minimum atomic E-state index is -2.65. The van der Waals surface area contributed by atoms with Crippen molar-refractivity contribution in [1.29, 1.82) is 0 Å². The van der Waals surface area contributed by atoms with E-state index in [9.17, 15) is 8.78 Å². The van der Waals surface area contributed by atoms with Crippen molar-refractivity contribution in [3.8, 4) is 0 Å². The van der Waals surface area contributed by atoms with E-state index in [0.717, 1.165) is 0 Å². The van der Waals surface area contributed by atoms with Gasteiger partial charge < -0.3 is 0 Å². The van der Waals surface area contributed by atoms with Crippen molar-refractivity contribution in [1.82, 2.24) is 9.78 Å². The summed E-state index contributed by atoms with van der Waals surface area (Å²) in [7, 11) is 0. The smallest absolute Gasteiger partial charge is 0.204 e. The van der Waals surface area contributed by atoms with Crippen molar-refractivity contribution in [2.75, 3.05) is 0 Å². The summed E-state index contributed by atoms with van der Waals surface area (Å²) in [6.07, 6.45) is 1.33. The Morgan fingerprint density at radius 3 is 2.79 bits per heavy atom. The van der Waals surface area contributed by atoms with Crippen LogP contribution in [0.3, 0.4) is 0 Å². The summed E-state index contributed by atoms with van der Waals surface area (Å²) in [5.74, 6) is 0. The molecule has 0 aliphatic heterocycles. The van der Waals surface area contributed by atoms with E-state index >= 15 is 0 Å². The van der Waals surface area contributed by atoms with Gasteiger partial charge in [-0.1, -0.05) is 11.6 Å². The topological polar surface area (TPSA) is 17.8 Å². The molecule has 14 heavy (non-hydrogen) atoms. The molecule has 1 aromatic heterocycles. The average Bonchev–Trinajstić information content (AvgIpc) is 2.55. The van der Waals surface area contributed by atoms with Crippen molar-refractivity contribution in [3.63, 3.8) is 0 Å². The number of fused-ring (bicyclic) bond motifs is 1. The molecule has 0 spiro atoms. The van der Waals surface area contributed by atoms with Crippen LogP contribution >= 0.6 is 27.5 Å².